The first-order chi connectivity index (χ1) is 20.5. The van der Waals surface area contributed by atoms with E-state index in [1.165, 1.54) is 0 Å². The van der Waals surface area contributed by atoms with Crippen LogP contribution in [0.15, 0.2) is 59.6 Å². The van der Waals surface area contributed by atoms with E-state index >= 15 is 0 Å². The van der Waals surface area contributed by atoms with Crippen molar-refractivity contribution in [3.05, 3.63) is 98.5 Å². The largest absolute Gasteiger partial charge is 0.490 e. The number of anilines is 1. The van der Waals surface area contributed by atoms with E-state index in [1.54, 1.807) is 4.57 Å². The van der Waals surface area contributed by atoms with Gasteiger partial charge >= 0.3 is 0 Å². The van der Waals surface area contributed by atoms with Crippen LogP contribution >= 0.6 is 0 Å². The van der Waals surface area contributed by atoms with Crippen molar-refractivity contribution in [3.8, 4) is 17.1 Å². The maximum Gasteiger partial charge on any atom is 0.258 e. The van der Waals surface area contributed by atoms with Gasteiger partial charge in [0, 0.05) is 40.4 Å². The first-order valence-corrected chi connectivity index (χ1v) is 14.9. The lowest BCUT2D eigenvalue weighted by Crippen LogP contribution is -2.38. The van der Waals surface area contributed by atoms with Crippen molar-refractivity contribution in [3.63, 3.8) is 0 Å². The second-order valence-electron chi connectivity index (χ2n) is 12.3. The number of hydrogen-bond acceptors (Lipinski definition) is 7. The van der Waals surface area contributed by atoms with Crippen molar-refractivity contribution in [1.29, 1.82) is 0 Å². The molecule has 0 aliphatic carbocycles. The maximum absolute atomic E-state index is 13.7. The van der Waals surface area contributed by atoms with E-state index in [-0.39, 0.29) is 17.9 Å². The second kappa shape index (κ2) is 10.8. The fourth-order valence-electron chi connectivity index (χ4n) is 6.29. The highest BCUT2D eigenvalue weighted by Gasteiger charge is 2.41. The first-order valence-electron chi connectivity index (χ1n) is 14.9. The minimum Gasteiger partial charge on any atom is -0.490 e. The Morgan fingerprint density at radius 2 is 1.95 bits per heavy atom. The average molecular weight is 581 g/mol. The lowest BCUT2D eigenvalue weighted by atomic mass is 9.84. The summed E-state index contributed by atoms with van der Waals surface area (Å²) in [6.45, 7) is 13.7. The van der Waals surface area contributed by atoms with Crippen LogP contribution < -0.4 is 15.6 Å². The molecule has 6 rings (SSSR count). The van der Waals surface area contributed by atoms with Crippen molar-refractivity contribution in [2.75, 3.05) is 19.4 Å². The summed E-state index contributed by atoms with van der Waals surface area (Å²) in [6, 6.07) is 14.9. The van der Waals surface area contributed by atoms with Gasteiger partial charge in [0.2, 0.25) is 0 Å². The Balaban J connectivity index is 1.41. The zero-order valence-corrected chi connectivity index (χ0v) is 25.9. The molecule has 8 heteroatoms. The Kier molecular flexibility index (Phi) is 7.30. The molecule has 8 nitrogen and oxygen atoms in total. The molecule has 4 aromatic rings. The molecule has 0 radical (unpaired) electrons. The number of rotatable bonds is 8. The lowest BCUT2D eigenvalue weighted by Gasteiger charge is -2.35. The van der Waals surface area contributed by atoms with Crippen LogP contribution in [0.4, 0.5) is 5.69 Å². The van der Waals surface area contributed by atoms with Crippen LogP contribution in [0.2, 0.25) is 0 Å². The molecule has 2 N–H and O–H groups in total. The van der Waals surface area contributed by atoms with Gasteiger partial charge in [0.25, 0.3) is 5.56 Å². The quantitative estimate of drug-likeness (QED) is 0.239. The van der Waals surface area contributed by atoms with Gasteiger partial charge in [-0.05, 0) is 82.7 Å². The predicted molar refractivity (Wildman–Crippen MR) is 170 cm³/mol. The smallest absolute Gasteiger partial charge is 0.258 e. The number of nitrogens with one attached hydrogen (secondary N) is 1. The molecule has 43 heavy (non-hydrogen) atoms. The molecular formula is C35H40N4O4. The third-order valence-corrected chi connectivity index (χ3v) is 8.49. The van der Waals surface area contributed by atoms with Crippen LogP contribution in [-0.2, 0) is 36.6 Å². The number of aliphatic hydroxyl groups is 1. The van der Waals surface area contributed by atoms with E-state index < -0.39 is 5.60 Å². The molecule has 0 fully saturated rings. The van der Waals surface area contributed by atoms with Crippen molar-refractivity contribution < 1.29 is 14.6 Å². The molecule has 0 amide bonds. The Morgan fingerprint density at radius 1 is 1.21 bits per heavy atom. The second-order valence-corrected chi connectivity index (χ2v) is 12.3. The van der Waals surface area contributed by atoms with Crippen LogP contribution in [0.5, 0.6) is 5.75 Å². The van der Waals surface area contributed by atoms with Gasteiger partial charge < -0.3 is 29.4 Å². The number of pyridine rings is 2. The Labute approximate surface area is 252 Å². The molecule has 2 aromatic carbocycles. The molecule has 0 unspecified atom stereocenters. The van der Waals surface area contributed by atoms with Crippen molar-refractivity contribution >= 4 is 16.6 Å². The van der Waals surface area contributed by atoms with Gasteiger partial charge in [-0.1, -0.05) is 25.6 Å². The number of nitrogens with zero attached hydrogens (tertiary/aromatic N) is 3. The molecule has 2 aliphatic heterocycles. The van der Waals surface area contributed by atoms with Gasteiger partial charge in [-0.2, -0.15) is 0 Å². The minimum atomic E-state index is -1.41. The van der Waals surface area contributed by atoms with E-state index in [4.69, 9.17) is 14.5 Å². The van der Waals surface area contributed by atoms with Gasteiger partial charge in [-0.3, -0.25) is 4.79 Å². The predicted octanol–water partition coefficient (Wildman–Crippen LogP) is 5.84. The number of benzene rings is 2. The summed E-state index contributed by atoms with van der Waals surface area (Å²) in [5, 5.41) is 15.9. The van der Waals surface area contributed by atoms with E-state index in [1.807, 2.05) is 27.1 Å². The third-order valence-electron chi connectivity index (χ3n) is 8.49. The Morgan fingerprint density at radius 3 is 2.63 bits per heavy atom. The Bertz CT molecular complexity index is 1810. The summed E-state index contributed by atoms with van der Waals surface area (Å²) >= 11 is 0. The average Bonchev–Trinajstić information content (AvgIpc) is 3.32. The zero-order valence-electron chi connectivity index (χ0n) is 25.9. The van der Waals surface area contributed by atoms with Crippen molar-refractivity contribution in [2.24, 2.45) is 0 Å². The number of aryl methyl sites for hydroxylation is 1. The zero-order chi connectivity index (χ0) is 30.6. The molecule has 0 saturated heterocycles. The number of fused-ring (bicyclic) bond motifs is 5. The maximum atomic E-state index is 13.7. The van der Waals surface area contributed by atoms with Crippen LogP contribution in [0, 0.1) is 6.92 Å². The highest BCUT2D eigenvalue weighted by molar-refractivity contribution is 5.89. The summed E-state index contributed by atoms with van der Waals surface area (Å²) in [6.07, 6.45) is 0.356. The van der Waals surface area contributed by atoms with Crippen molar-refractivity contribution in [1.82, 2.24) is 14.5 Å². The fourth-order valence-corrected chi connectivity index (χ4v) is 6.29. The van der Waals surface area contributed by atoms with Crippen LogP contribution in [0.3, 0.4) is 0 Å². The monoisotopic (exact) mass is 580 g/mol. The molecule has 0 bridgehead atoms. The van der Waals surface area contributed by atoms with Gasteiger partial charge in [0.1, 0.15) is 30.3 Å². The summed E-state index contributed by atoms with van der Waals surface area (Å²) in [5.41, 5.74) is 7.03. The molecule has 4 heterocycles. The Hall–Kier alpha value is -4.14. The van der Waals surface area contributed by atoms with Crippen LogP contribution in [0.1, 0.15) is 60.6 Å². The molecule has 1 atom stereocenters. The van der Waals surface area contributed by atoms with Gasteiger partial charge in [-0.15, -0.1) is 0 Å². The first kappa shape index (κ1) is 29.0. The van der Waals surface area contributed by atoms with Crippen molar-refractivity contribution in [2.45, 2.75) is 72.1 Å². The molecule has 2 aromatic heterocycles. The van der Waals surface area contributed by atoms with E-state index in [0.29, 0.717) is 49.0 Å². The van der Waals surface area contributed by atoms with E-state index in [9.17, 15) is 9.90 Å². The standard InChI is InChI=1S/C35H40N4O4/c1-8-35(41)22(5)42-19-28-29(35)15-31-32-24(16-39(31)34(28)40)14-26-27(17-38(6)7)33(21(4)13-30(26)37-32)43-18-23-9-11-25(12-10-23)36-20(2)3/h9-15,20,36,41H,5,8,16-19H2,1-4,6-7H3/t35-/m1/s1. The fraction of sp³-hybridized carbons (Fsp3) is 0.371. The highest BCUT2D eigenvalue weighted by Crippen LogP contribution is 2.43. The minimum absolute atomic E-state index is 0.102. The van der Waals surface area contributed by atoms with Crippen LogP contribution in [0.25, 0.3) is 22.3 Å². The number of ether oxygens (including phenoxy) is 2. The van der Waals surface area contributed by atoms with Gasteiger partial charge in [0.15, 0.2) is 0 Å². The lowest BCUT2D eigenvalue weighted by molar-refractivity contribution is -0.0172. The highest BCUT2D eigenvalue weighted by atomic mass is 16.5. The molecule has 2 aliphatic rings. The number of hydrogen-bond donors (Lipinski definition) is 2. The van der Waals surface area contributed by atoms with E-state index in [2.05, 4.69) is 74.0 Å². The summed E-state index contributed by atoms with van der Waals surface area (Å²) < 4.78 is 13.9. The SMILES string of the molecule is C=C1OCc2c(cc3n(c2=O)Cc2cc4c(CN(C)C)c(OCc5ccc(NC(C)C)cc5)c(C)cc4nc2-3)[C@@]1(O)CC. The van der Waals surface area contributed by atoms with E-state index in [0.717, 1.165) is 50.3 Å². The van der Waals surface area contributed by atoms with Gasteiger partial charge in [0.05, 0.1) is 29.0 Å². The molecule has 0 spiro atoms. The summed E-state index contributed by atoms with van der Waals surface area (Å²) in [5.74, 6) is 1.13. The molecule has 0 saturated carbocycles. The normalized spacial score (nSPS) is 17.2. The number of aromatic nitrogens is 2. The topological polar surface area (TPSA) is 88.9 Å². The third kappa shape index (κ3) is 4.98. The molecular weight excluding hydrogens is 540 g/mol. The van der Waals surface area contributed by atoms with Crippen LogP contribution in [-0.4, -0.2) is 39.7 Å². The van der Waals surface area contributed by atoms with Gasteiger partial charge in [-0.25, -0.2) is 4.98 Å². The molecule has 224 valence electrons. The summed E-state index contributed by atoms with van der Waals surface area (Å²) in [7, 11) is 4.09. The summed E-state index contributed by atoms with van der Waals surface area (Å²) in [4.78, 5) is 20.9.